The first-order valence-corrected chi connectivity index (χ1v) is 6.87. The van der Waals surface area contributed by atoms with Gasteiger partial charge >= 0.3 is 0 Å². The number of aryl methyl sites for hydroxylation is 3. The van der Waals surface area contributed by atoms with E-state index in [4.69, 9.17) is 0 Å². The van der Waals surface area contributed by atoms with Gasteiger partial charge in [-0.3, -0.25) is 0 Å². The third-order valence-corrected chi connectivity index (χ3v) is 3.73. The first-order valence-electron chi connectivity index (χ1n) is 6.87. The highest BCUT2D eigenvalue weighted by molar-refractivity contribution is 5.64. The fourth-order valence-corrected chi connectivity index (χ4v) is 2.55. The van der Waals surface area contributed by atoms with Gasteiger partial charge in [0.15, 0.2) is 6.20 Å². The summed E-state index contributed by atoms with van der Waals surface area (Å²) in [6, 6.07) is 11.1. The highest BCUT2D eigenvalue weighted by Crippen LogP contribution is 2.29. The maximum absolute atomic E-state index is 2.32. The summed E-state index contributed by atoms with van der Waals surface area (Å²) in [6.07, 6.45) is 2.11. The third-order valence-electron chi connectivity index (χ3n) is 3.73. The summed E-state index contributed by atoms with van der Waals surface area (Å²) < 4.78 is 2.20. The van der Waals surface area contributed by atoms with Crippen molar-refractivity contribution in [3.05, 3.63) is 53.2 Å². The lowest BCUT2D eigenvalue weighted by Crippen LogP contribution is -2.31. The molecular weight excluding hydrogens is 230 g/mol. The lowest BCUT2D eigenvalue weighted by molar-refractivity contribution is -0.660. The van der Waals surface area contributed by atoms with E-state index in [9.17, 15) is 0 Å². The molecule has 0 aliphatic carbocycles. The average molecular weight is 254 g/mol. The van der Waals surface area contributed by atoms with E-state index >= 15 is 0 Å². The molecule has 0 aliphatic rings. The fourth-order valence-electron chi connectivity index (χ4n) is 2.55. The second kappa shape index (κ2) is 4.80. The van der Waals surface area contributed by atoms with Gasteiger partial charge in [-0.25, -0.2) is 4.57 Å². The fraction of sp³-hybridized carbons (Fsp3) is 0.389. The van der Waals surface area contributed by atoms with Gasteiger partial charge in [-0.15, -0.1) is 0 Å². The molecular formula is C18H24N+. The number of pyridine rings is 1. The molecule has 1 aromatic heterocycles. The minimum Gasteiger partial charge on any atom is -0.201 e. The van der Waals surface area contributed by atoms with Gasteiger partial charge in [0.1, 0.15) is 7.05 Å². The van der Waals surface area contributed by atoms with E-state index in [1.807, 2.05) is 0 Å². The van der Waals surface area contributed by atoms with E-state index in [0.717, 1.165) is 0 Å². The number of benzene rings is 1. The largest absolute Gasteiger partial charge is 0.215 e. The van der Waals surface area contributed by atoms with Crippen LogP contribution in [0.25, 0.3) is 11.3 Å². The van der Waals surface area contributed by atoms with Crippen molar-refractivity contribution in [2.75, 3.05) is 0 Å². The molecule has 0 atom stereocenters. The highest BCUT2D eigenvalue weighted by Gasteiger charge is 2.18. The zero-order valence-electron chi connectivity index (χ0n) is 12.9. The van der Waals surface area contributed by atoms with E-state index in [1.165, 1.54) is 27.9 Å². The molecule has 1 aromatic carbocycles. The smallest absolute Gasteiger partial charge is 0.201 e. The van der Waals surface area contributed by atoms with E-state index in [-0.39, 0.29) is 5.41 Å². The SMILES string of the molecule is Cc1cc(C(C)(C)C)ccc1-c1c(C)ccc[n+]1C. The van der Waals surface area contributed by atoms with Crippen LogP contribution < -0.4 is 4.57 Å². The van der Waals surface area contributed by atoms with Crippen molar-refractivity contribution in [2.45, 2.75) is 40.0 Å². The van der Waals surface area contributed by atoms with Gasteiger partial charge in [0.25, 0.3) is 0 Å². The standard InChI is InChI=1S/C18H24N/c1-13-8-7-11-19(6)17(13)16-10-9-15(12-14(16)2)18(3,4)5/h7-12H,1-6H3/q+1. The zero-order chi connectivity index (χ0) is 14.2. The molecule has 0 aliphatic heterocycles. The van der Waals surface area contributed by atoms with Crippen LogP contribution in [0.15, 0.2) is 36.5 Å². The summed E-state index contributed by atoms with van der Waals surface area (Å²) in [4.78, 5) is 0. The molecule has 0 fully saturated rings. The zero-order valence-corrected chi connectivity index (χ0v) is 12.9. The minimum atomic E-state index is 0.206. The van der Waals surface area contributed by atoms with Crippen molar-refractivity contribution in [3.8, 4) is 11.3 Å². The van der Waals surface area contributed by atoms with Crippen LogP contribution in [0.2, 0.25) is 0 Å². The molecule has 0 saturated carbocycles. The van der Waals surface area contributed by atoms with E-state index in [0.29, 0.717) is 0 Å². The lowest BCUT2D eigenvalue weighted by atomic mass is 9.85. The molecule has 19 heavy (non-hydrogen) atoms. The Morgan fingerprint density at radius 1 is 0.947 bits per heavy atom. The number of aromatic nitrogens is 1. The summed E-state index contributed by atoms with van der Waals surface area (Å²) in [7, 11) is 2.11. The molecule has 0 spiro atoms. The maximum Gasteiger partial charge on any atom is 0.215 e. The van der Waals surface area contributed by atoms with Crippen molar-refractivity contribution in [1.29, 1.82) is 0 Å². The van der Waals surface area contributed by atoms with Crippen LogP contribution in [0.1, 0.15) is 37.5 Å². The lowest BCUT2D eigenvalue weighted by Gasteiger charge is -2.20. The molecule has 100 valence electrons. The molecule has 2 aromatic rings. The Morgan fingerprint density at radius 3 is 2.16 bits per heavy atom. The number of nitrogens with zero attached hydrogens (tertiary/aromatic N) is 1. The Labute approximate surface area is 116 Å². The summed E-state index contributed by atoms with van der Waals surface area (Å²) in [6.45, 7) is 11.2. The number of rotatable bonds is 1. The molecule has 0 N–H and O–H groups in total. The monoisotopic (exact) mass is 254 g/mol. The average Bonchev–Trinajstić information content (AvgIpc) is 2.29. The molecule has 2 rings (SSSR count). The minimum absolute atomic E-state index is 0.206. The van der Waals surface area contributed by atoms with Crippen molar-refractivity contribution < 1.29 is 4.57 Å². The van der Waals surface area contributed by atoms with Gasteiger partial charge in [-0.2, -0.15) is 0 Å². The molecule has 0 unspecified atom stereocenters. The van der Waals surface area contributed by atoms with Crippen molar-refractivity contribution in [3.63, 3.8) is 0 Å². The van der Waals surface area contributed by atoms with E-state index in [2.05, 4.69) is 82.8 Å². The summed E-state index contributed by atoms with van der Waals surface area (Å²) >= 11 is 0. The first kappa shape index (κ1) is 13.8. The van der Waals surface area contributed by atoms with Gasteiger partial charge in [0, 0.05) is 17.2 Å². The van der Waals surface area contributed by atoms with E-state index in [1.54, 1.807) is 0 Å². The van der Waals surface area contributed by atoms with Gasteiger partial charge in [0.05, 0.1) is 0 Å². The van der Waals surface area contributed by atoms with Crippen LogP contribution in [0.3, 0.4) is 0 Å². The number of hydrogen-bond acceptors (Lipinski definition) is 0. The molecule has 1 nitrogen and oxygen atoms in total. The highest BCUT2D eigenvalue weighted by atomic mass is 14.9. The van der Waals surface area contributed by atoms with Gasteiger partial charge in [0.2, 0.25) is 5.69 Å². The third kappa shape index (κ3) is 2.70. The summed E-state index contributed by atoms with van der Waals surface area (Å²) in [5.74, 6) is 0. The molecule has 0 saturated heterocycles. The quantitative estimate of drug-likeness (QED) is 0.675. The molecule has 0 amide bonds. The van der Waals surface area contributed by atoms with Crippen LogP contribution in [-0.2, 0) is 12.5 Å². The van der Waals surface area contributed by atoms with Crippen LogP contribution in [0, 0.1) is 13.8 Å². The first-order chi connectivity index (χ1) is 8.80. The summed E-state index contributed by atoms with van der Waals surface area (Å²) in [5, 5.41) is 0. The Morgan fingerprint density at radius 2 is 1.63 bits per heavy atom. The number of hydrogen-bond donors (Lipinski definition) is 0. The second-order valence-electron chi connectivity index (χ2n) is 6.43. The molecule has 0 radical (unpaired) electrons. The van der Waals surface area contributed by atoms with Crippen LogP contribution in [0.5, 0.6) is 0 Å². The normalized spacial score (nSPS) is 11.7. The van der Waals surface area contributed by atoms with Gasteiger partial charge in [-0.05, 0) is 42.5 Å². The Balaban J connectivity index is 2.59. The van der Waals surface area contributed by atoms with Crippen molar-refractivity contribution >= 4 is 0 Å². The van der Waals surface area contributed by atoms with Gasteiger partial charge in [-0.1, -0.05) is 32.9 Å². The predicted octanol–water partition coefficient (Wildman–Crippen LogP) is 4.09. The topological polar surface area (TPSA) is 3.88 Å². The Hall–Kier alpha value is -1.63. The van der Waals surface area contributed by atoms with Crippen LogP contribution >= 0.6 is 0 Å². The second-order valence-corrected chi connectivity index (χ2v) is 6.43. The molecule has 0 bridgehead atoms. The van der Waals surface area contributed by atoms with Gasteiger partial charge < -0.3 is 0 Å². The van der Waals surface area contributed by atoms with Crippen molar-refractivity contribution in [2.24, 2.45) is 7.05 Å². The maximum atomic E-state index is 2.32. The van der Waals surface area contributed by atoms with E-state index < -0.39 is 0 Å². The van der Waals surface area contributed by atoms with Crippen molar-refractivity contribution in [1.82, 2.24) is 0 Å². The molecule has 1 heterocycles. The predicted molar refractivity (Wildman–Crippen MR) is 81.2 cm³/mol. The summed E-state index contributed by atoms with van der Waals surface area (Å²) in [5.41, 5.74) is 6.89. The van der Waals surface area contributed by atoms with Crippen LogP contribution in [0.4, 0.5) is 0 Å². The van der Waals surface area contributed by atoms with Crippen LogP contribution in [-0.4, -0.2) is 0 Å². The Kier molecular flexibility index (Phi) is 3.49. The Bertz CT molecular complexity index is 583. The molecule has 1 heteroatoms.